The third kappa shape index (κ3) is 33.3. The Balaban J connectivity index is -0.000000386. The van der Waals surface area contributed by atoms with E-state index < -0.39 is 23.1 Å². The van der Waals surface area contributed by atoms with Crippen molar-refractivity contribution in [3.05, 3.63) is 0 Å². The molecule has 12 heteroatoms. The van der Waals surface area contributed by atoms with Gasteiger partial charge in [0.1, 0.15) is 24.4 Å². The summed E-state index contributed by atoms with van der Waals surface area (Å²) in [5, 5.41) is 14.8. The minimum atomic E-state index is -1.82. The molecule has 0 bridgehead atoms. The third-order valence-electron chi connectivity index (χ3n) is 1.99. The van der Waals surface area contributed by atoms with Crippen LogP contribution in [0.3, 0.4) is 0 Å². The maximum absolute atomic E-state index is 10.9. The maximum atomic E-state index is 10.9. The summed E-state index contributed by atoms with van der Waals surface area (Å²) in [4.78, 5) is 40.1. The first-order chi connectivity index (χ1) is 13.6. The first-order valence-electron chi connectivity index (χ1n) is 9.01. The van der Waals surface area contributed by atoms with Crippen molar-refractivity contribution in [1.82, 2.24) is 0 Å². The molecule has 30 heavy (non-hydrogen) atoms. The van der Waals surface area contributed by atoms with Gasteiger partial charge in [-0.1, -0.05) is 0 Å². The first kappa shape index (κ1) is 32.4. The lowest BCUT2D eigenvalue weighted by atomic mass is 10.2. The Morgan fingerprint density at radius 3 is 1.10 bits per heavy atom. The van der Waals surface area contributed by atoms with Crippen molar-refractivity contribution in [3.63, 3.8) is 0 Å². The fraction of sp³-hybridized carbons (Fsp3) is 0.778. The zero-order valence-electron chi connectivity index (χ0n) is 18.6. The molecule has 6 N–H and O–H groups in total. The van der Waals surface area contributed by atoms with Crippen molar-refractivity contribution in [2.24, 2.45) is 11.5 Å². The molecule has 0 aliphatic carbocycles. The molecule has 12 nitrogen and oxygen atoms in total. The molecular formula is C18H36N2O10. The summed E-state index contributed by atoms with van der Waals surface area (Å²) < 4.78 is 19.7. The number of hydrogen-bond donors (Lipinski definition) is 4. The standard InChI is InChI=1S/2C8H17NO3.C2H2O4/c2*1-8(2,3)12-7(10)6-11-5-4-9;3-1(4)2(5)6/h2*4-6,9H2,1-3H3;(H,3,4)(H,5,6). The molecule has 0 saturated carbocycles. The van der Waals surface area contributed by atoms with Crippen LogP contribution in [-0.2, 0) is 38.1 Å². The molecule has 178 valence electrons. The predicted molar refractivity (Wildman–Crippen MR) is 107 cm³/mol. The molecule has 0 fully saturated rings. The average Bonchev–Trinajstić information content (AvgIpc) is 2.53. The second-order valence-electron chi connectivity index (χ2n) is 7.47. The van der Waals surface area contributed by atoms with Crippen LogP contribution >= 0.6 is 0 Å². The van der Waals surface area contributed by atoms with Crippen molar-refractivity contribution in [2.75, 3.05) is 39.5 Å². The number of esters is 2. The lowest BCUT2D eigenvalue weighted by Gasteiger charge is -2.19. The minimum absolute atomic E-state index is 0.0194. The van der Waals surface area contributed by atoms with E-state index >= 15 is 0 Å². The summed E-state index contributed by atoms with van der Waals surface area (Å²) >= 11 is 0. The molecule has 0 unspecified atom stereocenters. The third-order valence-corrected chi connectivity index (χ3v) is 1.99. The highest BCUT2D eigenvalue weighted by molar-refractivity contribution is 6.27. The molecule has 0 radical (unpaired) electrons. The lowest BCUT2D eigenvalue weighted by Crippen LogP contribution is -2.27. The smallest absolute Gasteiger partial charge is 0.414 e. The number of carbonyl (C=O) groups excluding carboxylic acids is 2. The van der Waals surface area contributed by atoms with Gasteiger partial charge in [0.05, 0.1) is 13.2 Å². The predicted octanol–water partition coefficient (Wildman–Crippen LogP) is -0.238. The van der Waals surface area contributed by atoms with Crippen LogP contribution in [-0.4, -0.2) is 84.8 Å². The van der Waals surface area contributed by atoms with Gasteiger partial charge in [0.25, 0.3) is 0 Å². The van der Waals surface area contributed by atoms with Gasteiger partial charge in [0.15, 0.2) is 0 Å². The Hall–Kier alpha value is -2.28. The summed E-state index contributed by atoms with van der Waals surface area (Å²) in [6.07, 6.45) is 0. The second kappa shape index (κ2) is 17.6. The van der Waals surface area contributed by atoms with Gasteiger partial charge in [-0.15, -0.1) is 0 Å². The molecule has 0 aliphatic heterocycles. The fourth-order valence-corrected chi connectivity index (χ4v) is 1.22. The van der Waals surface area contributed by atoms with Gasteiger partial charge in [-0.05, 0) is 41.5 Å². The van der Waals surface area contributed by atoms with Gasteiger partial charge in [-0.3, -0.25) is 0 Å². The minimum Gasteiger partial charge on any atom is -0.473 e. The highest BCUT2D eigenvalue weighted by atomic mass is 16.6. The molecule has 0 saturated heterocycles. The molecule has 0 aromatic rings. The number of ether oxygens (including phenoxy) is 4. The second-order valence-corrected chi connectivity index (χ2v) is 7.47. The van der Waals surface area contributed by atoms with E-state index in [0.29, 0.717) is 26.3 Å². The van der Waals surface area contributed by atoms with Crippen LogP contribution in [0.2, 0.25) is 0 Å². The van der Waals surface area contributed by atoms with Crippen molar-refractivity contribution in [1.29, 1.82) is 0 Å². The Bertz CT molecular complexity index is 464. The van der Waals surface area contributed by atoms with Crippen LogP contribution in [0.25, 0.3) is 0 Å². The number of carbonyl (C=O) groups is 4. The van der Waals surface area contributed by atoms with Gasteiger partial charge >= 0.3 is 23.9 Å². The zero-order chi connectivity index (χ0) is 24.4. The highest BCUT2D eigenvalue weighted by Gasteiger charge is 2.16. The van der Waals surface area contributed by atoms with Crippen LogP contribution in [0.5, 0.6) is 0 Å². The summed E-state index contributed by atoms with van der Waals surface area (Å²) in [6.45, 7) is 12.5. The monoisotopic (exact) mass is 440 g/mol. The Morgan fingerprint density at radius 1 is 0.667 bits per heavy atom. The van der Waals surface area contributed by atoms with E-state index in [2.05, 4.69) is 0 Å². The lowest BCUT2D eigenvalue weighted by molar-refractivity contribution is -0.161. The van der Waals surface area contributed by atoms with E-state index in [0.717, 1.165) is 0 Å². The topological polar surface area (TPSA) is 198 Å². The van der Waals surface area contributed by atoms with Gasteiger partial charge < -0.3 is 40.6 Å². The van der Waals surface area contributed by atoms with E-state index in [-0.39, 0.29) is 25.2 Å². The molecule has 0 aromatic carbocycles. The van der Waals surface area contributed by atoms with Gasteiger partial charge in [0, 0.05) is 13.1 Å². The summed E-state index contributed by atoms with van der Waals surface area (Å²) in [7, 11) is 0. The van der Waals surface area contributed by atoms with Crippen LogP contribution < -0.4 is 11.5 Å². The molecule has 0 rings (SSSR count). The number of aliphatic carboxylic acids is 2. The van der Waals surface area contributed by atoms with E-state index in [1.807, 2.05) is 41.5 Å². The quantitative estimate of drug-likeness (QED) is 0.220. The Morgan fingerprint density at radius 2 is 0.933 bits per heavy atom. The van der Waals surface area contributed by atoms with Crippen molar-refractivity contribution in [3.8, 4) is 0 Å². The van der Waals surface area contributed by atoms with Gasteiger partial charge in [0.2, 0.25) is 0 Å². The molecule has 0 heterocycles. The molecule has 0 aliphatic rings. The number of nitrogens with two attached hydrogens (primary N) is 2. The number of carboxylic acids is 2. The van der Waals surface area contributed by atoms with Crippen LogP contribution in [0, 0.1) is 0 Å². The highest BCUT2D eigenvalue weighted by Crippen LogP contribution is 2.07. The van der Waals surface area contributed by atoms with E-state index in [1.54, 1.807) is 0 Å². The van der Waals surface area contributed by atoms with E-state index in [4.69, 9.17) is 50.2 Å². The van der Waals surface area contributed by atoms with Crippen molar-refractivity contribution in [2.45, 2.75) is 52.7 Å². The summed E-state index contributed by atoms with van der Waals surface area (Å²) in [5.74, 6) is -4.35. The van der Waals surface area contributed by atoms with Gasteiger partial charge in [-0.25, -0.2) is 19.2 Å². The average molecular weight is 440 g/mol. The van der Waals surface area contributed by atoms with Crippen molar-refractivity contribution >= 4 is 23.9 Å². The van der Waals surface area contributed by atoms with Gasteiger partial charge in [-0.2, -0.15) is 0 Å². The summed E-state index contributed by atoms with van der Waals surface area (Å²) in [6, 6.07) is 0. The largest absolute Gasteiger partial charge is 0.473 e. The Labute approximate surface area is 176 Å². The van der Waals surface area contributed by atoms with Crippen LogP contribution in [0.15, 0.2) is 0 Å². The maximum Gasteiger partial charge on any atom is 0.414 e. The zero-order valence-corrected chi connectivity index (χ0v) is 18.6. The van der Waals surface area contributed by atoms with Crippen molar-refractivity contribution < 1.29 is 48.3 Å². The molecule has 0 atom stereocenters. The first-order valence-corrected chi connectivity index (χ1v) is 9.01. The SMILES string of the molecule is CC(C)(C)OC(=O)COCCN.CC(C)(C)OC(=O)COCCN.O=C(O)C(=O)O. The molecule has 0 amide bonds. The molecule has 0 aromatic heterocycles. The van der Waals surface area contributed by atoms with E-state index in [9.17, 15) is 9.59 Å². The summed E-state index contributed by atoms with van der Waals surface area (Å²) in [5.41, 5.74) is 9.45. The normalized spacial score (nSPS) is 10.5. The number of carboxylic acid groups (broad SMARTS) is 2. The fourth-order valence-electron chi connectivity index (χ4n) is 1.22. The Kier molecular flexibility index (Phi) is 19.0. The van der Waals surface area contributed by atoms with Crippen LogP contribution in [0.1, 0.15) is 41.5 Å². The molecule has 0 spiro atoms. The number of hydrogen-bond acceptors (Lipinski definition) is 10. The van der Waals surface area contributed by atoms with Crippen LogP contribution in [0.4, 0.5) is 0 Å². The molecular weight excluding hydrogens is 404 g/mol. The number of rotatable bonds is 8. The van der Waals surface area contributed by atoms with E-state index in [1.165, 1.54) is 0 Å².